The second-order valence-corrected chi connectivity index (χ2v) is 7.81. The average molecular weight is 386 g/mol. The van der Waals surface area contributed by atoms with Crippen LogP contribution in [0.5, 0.6) is 0 Å². The van der Waals surface area contributed by atoms with Gasteiger partial charge >= 0.3 is 0 Å². The van der Waals surface area contributed by atoms with Gasteiger partial charge in [0.05, 0.1) is 18.1 Å². The van der Waals surface area contributed by atoms with Crippen LogP contribution in [0.15, 0.2) is 24.3 Å². The number of rotatable bonds is 5. The van der Waals surface area contributed by atoms with Gasteiger partial charge in [0.1, 0.15) is 0 Å². The molecule has 26 heavy (non-hydrogen) atoms. The Morgan fingerprint density at radius 3 is 2.65 bits per heavy atom. The highest BCUT2D eigenvalue weighted by Gasteiger charge is 2.31. The number of piperidine rings is 2. The van der Waals surface area contributed by atoms with Crippen LogP contribution in [0.25, 0.3) is 0 Å². The maximum atomic E-state index is 12.7. The zero-order valence-electron chi connectivity index (χ0n) is 14.7. The van der Waals surface area contributed by atoms with Gasteiger partial charge in [0.25, 0.3) is 6.43 Å². The van der Waals surface area contributed by atoms with Crippen LogP contribution in [0.2, 0.25) is 5.02 Å². The molecule has 144 valence electrons. The number of carbonyl (C=O) groups excluding carboxylic acids is 1. The van der Waals surface area contributed by atoms with E-state index in [1.807, 2.05) is 18.2 Å². The van der Waals surface area contributed by atoms with Crippen molar-refractivity contribution in [1.29, 1.82) is 0 Å². The zero-order chi connectivity index (χ0) is 18.5. The summed E-state index contributed by atoms with van der Waals surface area (Å²) in [6.45, 7) is 1.17. The number of hydrogen-bond acceptors (Lipinski definition) is 3. The second-order valence-electron chi connectivity index (χ2n) is 7.37. The van der Waals surface area contributed by atoms with Crippen LogP contribution in [0.3, 0.4) is 0 Å². The zero-order valence-corrected chi connectivity index (χ0v) is 15.4. The lowest BCUT2D eigenvalue weighted by molar-refractivity contribution is -0.127. The molecule has 3 N–H and O–H groups in total. The highest BCUT2D eigenvalue weighted by molar-refractivity contribution is 6.30. The van der Waals surface area contributed by atoms with E-state index in [-0.39, 0.29) is 18.0 Å². The molecule has 1 amide bonds. The van der Waals surface area contributed by atoms with Gasteiger partial charge in [-0.2, -0.15) is 0 Å². The van der Waals surface area contributed by atoms with E-state index in [9.17, 15) is 13.6 Å². The Kier molecular flexibility index (Phi) is 6.84. The molecule has 1 aromatic rings. The number of nitrogens with one attached hydrogen (secondary N) is 3. The Morgan fingerprint density at radius 2 is 2.04 bits per heavy atom. The lowest BCUT2D eigenvalue weighted by Crippen LogP contribution is -2.54. The van der Waals surface area contributed by atoms with Gasteiger partial charge in [0.15, 0.2) is 0 Å². The fraction of sp³-hybridized carbons (Fsp3) is 0.632. The van der Waals surface area contributed by atoms with Crippen molar-refractivity contribution in [2.75, 3.05) is 13.1 Å². The van der Waals surface area contributed by atoms with Crippen LogP contribution in [-0.2, 0) is 11.2 Å². The summed E-state index contributed by atoms with van der Waals surface area (Å²) >= 11 is 6.03. The third-order valence-electron chi connectivity index (χ3n) is 5.37. The molecule has 0 radical (unpaired) electrons. The van der Waals surface area contributed by atoms with Gasteiger partial charge in [-0.25, -0.2) is 8.78 Å². The van der Waals surface area contributed by atoms with Gasteiger partial charge in [0.2, 0.25) is 5.91 Å². The molecule has 2 saturated heterocycles. The summed E-state index contributed by atoms with van der Waals surface area (Å²) in [6.07, 6.45) is 1.32. The average Bonchev–Trinajstić information content (AvgIpc) is 2.63. The predicted molar refractivity (Wildman–Crippen MR) is 98.3 cm³/mol. The number of amides is 1. The highest BCUT2D eigenvalue weighted by atomic mass is 35.5. The van der Waals surface area contributed by atoms with E-state index in [2.05, 4.69) is 22.0 Å². The van der Waals surface area contributed by atoms with Crippen molar-refractivity contribution in [2.45, 2.75) is 50.7 Å². The molecule has 0 bridgehead atoms. The molecule has 4 unspecified atom stereocenters. The molecule has 0 spiro atoms. The molecule has 2 aliphatic heterocycles. The van der Waals surface area contributed by atoms with E-state index in [4.69, 9.17) is 11.6 Å². The van der Waals surface area contributed by atoms with Crippen LogP contribution >= 0.6 is 11.6 Å². The van der Waals surface area contributed by atoms with Crippen LogP contribution in [0.1, 0.15) is 31.2 Å². The molecule has 0 aliphatic carbocycles. The summed E-state index contributed by atoms with van der Waals surface area (Å²) < 4.78 is 25.3. The normalized spacial score (nSPS) is 29.5. The first-order valence-electron chi connectivity index (χ1n) is 9.31. The van der Waals surface area contributed by atoms with Gasteiger partial charge < -0.3 is 10.6 Å². The van der Waals surface area contributed by atoms with Crippen LogP contribution in [0, 0.1) is 11.8 Å². The Bertz CT molecular complexity index is 600. The molecule has 3 rings (SSSR count). The lowest BCUT2D eigenvalue weighted by atomic mass is 9.90. The first-order chi connectivity index (χ1) is 12.5. The van der Waals surface area contributed by atoms with Crippen molar-refractivity contribution in [3.05, 3.63) is 34.9 Å². The number of alkyl halides is 2. The van der Waals surface area contributed by atoms with Crippen molar-refractivity contribution in [3.8, 4) is 0 Å². The van der Waals surface area contributed by atoms with Crippen LogP contribution in [-0.4, -0.2) is 37.6 Å². The van der Waals surface area contributed by atoms with Crippen molar-refractivity contribution in [3.63, 3.8) is 0 Å². The highest BCUT2D eigenvalue weighted by Crippen LogP contribution is 2.22. The number of carbonyl (C=O) groups is 1. The quantitative estimate of drug-likeness (QED) is 0.730. The lowest BCUT2D eigenvalue weighted by Gasteiger charge is -2.33. The summed E-state index contributed by atoms with van der Waals surface area (Å²) in [6, 6.07) is 7.15. The molecule has 4 nitrogen and oxygen atoms in total. The molecular weight excluding hydrogens is 360 g/mol. The third-order valence-corrected chi connectivity index (χ3v) is 5.61. The Labute approximate surface area is 158 Å². The summed E-state index contributed by atoms with van der Waals surface area (Å²) in [7, 11) is 0. The fourth-order valence-electron chi connectivity index (χ4n) is 3.82. The monoisotopic (exact) mass is 385 g/mol. The van der Waals surface area contributed by atoms with Gasteiger partial charge in [-0.1, -0.05) is 23.7 Å². The molecule has 0 saturated carbocycles. The van der Waals surface area contributed by atoms with Crippen LogP contribution < -0.4 is 16.0 Å². The molecule has 7 heteroatoms. The number of halogens is 3. The number of benzene rings is 1. The van der Waals surface area contributed by atoms with E-state index in [1.54, 1.807) is 0 Å². The maximum absolute atomic E-state index is 12.7. The molecule has 2 heterocycles. The molecule has 1 aromatic carbocycles. The van der Waals surface area contributed by atoms with Gasteiger partial charge in [-0.3, -0.25) is 10.1 Å². The maximum Gasteiger partial charge on any atom is 0.253 e. The minimum Gasteiger partial charge on any atom is -0.340 e. The molecule has 0 aromatic heterocycles. The third kappa shape index (κ3) is 5.38. The molecule has 2 aliphatic rings. The van der Waals surface area contributed by atoms with Crippen molar-refractivity contribution >= 4 is 17.5 Å². The van der Waals surface area contributed by atoms with E-state index in [0.29, 0.717) is 25.3 Å². The van der Waals surface area contributed by atoms with Gasteiger partial charge in [-0.15, -0.1) is 0 Å². The largest absolute Gasteiger partial charge is 0.340 e. The fourth-order valence-corrected chi connectivity index (χ4v) is 4.03. The van der Waals surface area contributed by atoms with E-state index in [1.165, 1.54) is 5.56 Å². The van der Waals surface area contributed by atoms with E-state index < -0.39 is 12.5 Å². The second kappa shape index (κ2) is 9.11. The van der Waals surface area contributed by atoms with Crippen LogP contribution in [0.4, 0.5) is 8.78 Å². The topological polar surface area (TPSA) is 53.2 Å². The van der Waals surface area contributed by atoms with Crippen molar-refractivity contribution in [2.24, 2.45) is 11.8 Å². The Hall–Kier alpha value is -1.24. The number of hydrogen-bond donors (Lipinski definition) is 3. The van der Waals surface area contributed by atoms with E-state index in [0.717, 1.165) is 30.8 Å². The summed E-state index contributed by atoms with van der Waals surface area (Å²) in [5.41, 5.74) is 1.23. The Morgan fingerprint density at radius 1 is 1.19 bits per heavy atom. The first-order valence-corrected chi connectivity index (χ1v) is 9.69. The van der Waals surface area contributed by atoms with Gasteiger partial charge in [-0.05, 0) is 55.7 Å². The molecule has 2 fully saturated rings. The predicted octanol–water partition coefficient (Wildman–Crippen LogP) is 2.96. The minimum absolute atomic E-state index is 0.0362. The van der Waals surface area contributed by atoms with Crippen molar-refractivity contribution in [1.82, 2.24) is 16.0 Å². The first kappa shape index (κ1) is 19.5. The summed E-state index contributed by atoms with van der Waals surface area (Å²) in [5.74, 6) is 0.247. The van der Waals surface area contributed by atoms with Gasteiger partial charge in [0, 0.05) is 18.1 Å². The molecule has 4 atom stereocenters. The molecular formula is C19H26ClF2N3O. The Balaban J connectivity index is 1.39. The standard InChI is InChI=1S/C19H26ClF2N3O/c20-15-3-1-2-12(9-15)8-13-4-7-17(24-10-13)25-19(26)14-5-6-16(18(21)22)23-11-14/h1-3,9,13-14,16-18,23-24H,4-8,10-11H2,(H,25,26). The SMILES string of the molecule is O=C(NC1CCC(Cc2cccc(Cl)c2)CN1)C1CCC(C(F)F)NC1. The minimum atomic E-state index is -2.37. The van der Waals surface area contributed by atoms with E-state index >= 15 is 0 Å². The summed E-state index contributed by atoms with van der Waals surface area (Å²) in [5, 5.41) is 9.96. The van der Waals surface area contributed by atoms with Crippen molar-refractivity contribution < 1.29 is 13.6 Å². The smallest absolute Gasteiger partial charge is 0.253 e. The summed E-state index contributed by atoms with van der Waals surface area (Å²) in [4.78, 5) is 12.4.